The molecule has 0 aromatic heterocycles. The molecule has 1 aliphatic heterocycles. The lowest BCUT2D eigenvalue weighted by atomic mass is 9.75. The molecule has 14 heavy (non-hydrogen) atoms. The summed E-state index contributed by atoms with van der Waals surface area (Å²) in [6.45, 7) is -0.0894. The van der Waals surface area contributed by atoms with E-state index in [0.717, 1.165) is 11.3 Å². The topological polar surface area (TPSA) is 86.7 Å². The highest BCUT2D eigenvalue weighted by atomic mass is 16.4. The summed E-state index contributed by atoms with van der Waals surface area (Å²) >= 11 is 0. The summed E-state index contributed by atoms with van der Waals surface area (Å²) in [7, 11) is 0. The number of imide groups is 1. The molecule has 0 aromatic rings. The van der Waals surface area contributed by atoms with Gasteiger partial charge in [-0.15, -0.1) is 0 Å². The normalized spacial score (nSPS) is 24.4. The van der Waals surface area contributed by atoms with Gasteiger partial charge in [0.2, 0.25) is 0 Å². The Balaban J connectivity index is 2.31. The molecule has 2 aliphatic rings. The smallest absolute Gasteiger partial charge is 0.330 e. The average molecular weight is 198 g/mol. The van der Waals surface area contributed by atoms with Crippen molar-refractivity contribution in [2.24, 2.45) is 0 Å². The van der Waals surface area contributed by atoms with Gasteiger partial charge in [0.05, 0.1) is 6.54 Å². The van der Waals surface area contributed by atoms with Gasteiger partial charge in [0.1, 0.15) is 5.54 Å². The lowest BCUT2D eigenvalue weighted by Crippen LogP contribution is -2.61. The lowest BCUT2D eigenvalue weighted by Gasteiger charge is -2.42. The third kappa shape index (κ3) is 0.934. The summed E-state index contributed by atoms with van der Waals surface area (Å²) in [6, 6.07) is -0.586. The minimum absolute atomic E-state index is 0.0894. The number of carboxylic acid groups (broad SMARTS) is 1. The van der Waals surface area contributed by atoms with Crippen LogP contribution >= 0.6 is 0 Å². The minimum Gasteiger partial charge on any atom is -0.479 e. The van der Waals surface area contributed by atoms with Gasteiger partial charge in [0.15, 0.2) is 0 Å². The van der Waals surface area contributed by atoms with Crippen molar-refractivity contribution in [3.05, 3.63) is 0 Å². The van der Waals surface area contributed by atoms with Gasteiger partial charge in [-0.25, -0.2) is 14.5 Å². The van der Waals surface area contributed by atoms with E-state index in [1.807, 2.05) is 0 Å². The molecule has 6 heteroatoms. The van der Waals surface area contributed by atoms with E-state index in [9.17, 15) is 14.4 Å². The Bertz CT molecular complexity index is 305. The molecule has 2 N–H and O–H groups in total. The van der Waals surface area contributed by atoms with Crippen LogP contribution in [0.2, 0.25) is 0 Å². The zero-order valence-electron chi connectivity index (χ0n) is 7.45. The summed E-state index contributed by atoms with van der Waals surface area (Å²) in [4.78, 5) is 34.4. The first-order chi connectivity index (χ1) is 6.58. The molecule has 1 heterocycles. The van der Waals surface area contributed by atoms with Crippen molar-refractivity contribution in [3.8, 4) is 0 Å². The van der Waals surface area contributed by atoms with Crippen molar-refractivity contribution >= 4 is 17.9 Å². The van der Waals surface area contributed by atoms with Gasteiger partial charge in [0, 0.05) is 0 Å². The number of amides is 3. The standard InChI is InChI=1S/C8H10N2O4/c11-5-4-9-7(14)10(5)8(6(12)13)2-1-3-8/h1-4H2,(H,9,14)(H,12,13). The predicted molar refractivity (Wildman–Crippen MR) is 44.5 cm³/mol. The first-order valence-corrected chi connectivity index (χ1v) is 4.42. The second-order valence-corrected chi connectivity index (χ2v) is 3.58. The molecule has 1 aliphatic carbocycles. The van der Waals surface area contributed by atoms with E-state index in [4.69, 9.17) is 5.11 Å². The molecule has 6 nitrogen and oxygen atoms in total. The average Bonchev–Trinajstić information content (AvgIpc) is 2.33. The Morgan fingerprint density at radius 3 is 2.36 bits per heavy atom. The molecular weight excluding hydrogens is 188 g/mol. The summed E-state index contributed by atoms with van der Waals surface area (Å²) in [6.07, 6.45) is 1.46. The summed E-state index contributed by atoms with van der Waals surface area (Å²) in [5.41, 5.74) is -1.27. The highest BCUT2D eigenvalue weighted by Gasteiger charge is 2.55. The molecule has 1 saturated heterocycles. The first-order valence-electron chi connectivity index (χ1n) is 4.42. The maximum atomic E-state index is 11.3. The predicted octanol–water partition coefficient (Wildman–Crippen LogP) is -0.454. The molecule has 76 valence electrons. The molecule has 2 rings (SSSR count). The Labute approximate surface area is 79.9 Å². The molecule has 0 aromatic carbocycles. The fourth-order valence-electron chi connectivity index (χ4n) is 1.90. The van der Waals surface area contributed by atoms with Crippen molar-refractivity contribution in [2.75, 3.05) is 6.54 Å². The van der Waals surface area contributed by atoms with Crippen LogP contribution < -0.4 is 5.32 Å². The number of carbonyl (C=O) groups excluding carboxylic acids is 2. The molecule has 1 saturated carbocycles. The Kier molecular flexibility index (Phi) is 1.73. The monoisotopic (exact) mass is 198 g/mol. The highest BCUT2D eigenvalue weighted by molar-refractivity contribution is 6.06. The number of carbonyl (C=O) groups is 3. The first kappa shape index (κ1) is 8.98. The molecule has 0 bridgehead atoms. The van der Waals surface area contributed by atoms with Crippen LogP contribution in [0.25, 0.3) is 0 Å². The van der Waals surface area contributed by atoms with Crippen molar-refractivity contribution in [1.29, 1.82) is 0 Å². The van der Waals surface area contributed by atoms with Gasteiger partial charge in [-0.1, -0.05) is 0 Å². The number of rotatable bonds is 2. The van der Waals surface area contributed by atoms with Gasteiger partial charge in [-0.05, 0) is 19.3 Å². The van der Waals surface area contributed by atoms with E-state index in [2.05, 4.69) is 5.32 Å². The number of urea groups is 1. The molecule has 3 amide bonds. The number of carboxylic acids is 1. The number of aliphatic carboxylic acids is 1. The van der Waals surface area contributed by atoms with Crippen molar-refractivity contribution in [1.82, 2.24) is 10.2 Å². The fraction of sp³-hybridized carbons (Fsp3) is 0.625. The van der Waals surface area contributed by atoms with Crippen molar-refractivity contribution in [3.63, 3.8) is 0 Å². The van der Waals surface area contributed by atoms with E-state index in [0.29, 0.717) is 12.8 Å². The number of hydrogen-bond donors (Lipinski definition) is 2. The Morgan fingerprint density at radius 2 is 2.07 bits per heavy atom. The summed E-state index contributed by atoms with van der Waals surface area (Å²) < 4.78 is 0. The number of hydrogen-bond acceptors (Lipinski definition) is 3. The van der Waals surface area contributed by atoms with Crippen LogP contribution in [0.3, 0.4) is 0 Å². The number of nitrogens with one attached hydrogen (secondary N) is 1. The van der Waals surface area contributed by atoms with Crippen molar-refractivity contribution in [2.45, 2.75) is 24.8 Å². The SMILES string of the molecule is O=C1CNC(=O)N1C1(C(=O)O)CCC1. The molecule has 0 atom stereocenters. The van der Waals surface area contributed by atoms with Gasteiger partial charge < -0.3 is 10.4 Å². The van der Waals surface area contributed by atoms with Crippen LogP contribution in [0.4, 0.5) is 4.79 Å². The van der Waals surface area contributed by atoms with Crippen LogP contribution in [0.5, 0.6) is 0 Å². The third-order valence-corrected chi connectivity index (χ3v) is 2.85. The Morgan fingerprint density at radius 1 is 1.43 bits per heavy atom. The largest absolute Gasteiger partial charge is 0.479 e. The fourth-order valence-corrected chi connectivity index (χ4v) is 1.90. The van der Waals surface area contributed by atoms with E-state index < -0.39 is 23.4 Å². The zero-order chi connectivity index (χ0) is 10.3. The summed E-state index contributed by atoms with van der Waals surface area (Å²) in [5, 5.41) is 11.3. The number of nitrogens with zero attached hydrogens (tertiary/aromatic N) is 1. The molecular formula is C8H10N2O4. The maximum Gasteiger partial charge on any atom is 0.330 e. The zero-order valence-corrected chi connectivity index (χ0v) is 7.45. The van der Waals surface area contributed by atoms with E-state index in [1.165, 1.54) is 0 Å². The van der Waals surface area contributed by atoms with Crippen LogP contribution in [0, 0.1) is 0 Å². The lowest BCUT2D eigenvalue weighted by molar-refractivity contribution is -0.160. The second kappa shape index (κ2) is 2.70. The molecule has 0 unspecified atom stereocenters. The quantitative estimate of drug-likeness (QED) is 0.588. The Hall–Kier alpha value is -1.59. The third-order valence-electron chi connectivity index (χ3n) is 2.85. The summed E-state index contributed by atoms with van der Waals surface area (Å²) in [5.74, 6) is -1.54. The van der Waals surface area contributed by atoms with Gasteiger partial charge >= 0.3 is 12.0 Å². The minimum atomic E-state index is -1.27. The van der Waals surface area contributed by atoms with Gasteiger partial charge in [-0.3, -0.25) is 4.79 Å². The molecule has 0 spiro atoms. The van der Waals surface area contributed by atoms with Gasteiger partial charge in [-0.2, -0.15) is 0 Å². The van der Waals surface area contributed by atoms with Crippen molar-refractivity contribution < 1.29 is 19.5 Å². The van der Waals surface area contributed by atoms with E-state index in [-0.39, 0.29) is 6.54 Å². The van der Waals surface area contributed by atoms with Crippen LogP contribution in [-0.4, -0.2) is 40.0 Å². The highest BCUT2D eigenvalue weighted by Crippen LogP contribution is 2.39. The van der Waals surface area contributed by atoms with Crippen LogP contribution in [0.1, 0.15) is 19.3 Å². The second-order valence-electron chi connectivity index (χ2n) is 3.58. The van der Waals surface area contributed by atoms with Crippen LogP contribution in [0.15, 0.2) is 0 Å². The van der Waals surface area contributed by atoms with E-state index >= 15 is 0 Å². The van der Waals surface area contributed by atoms with E-state index in [1.54, 1.807) is 0 Å². The van der Waals surface area contributed by atoms with Gasteiger partial charge in [0.25, 0.3) is 5.91 Å². The molecule has 2 fully saturated rings. The maximum absolute atomic E-state index is 11.3. The van der Waals surface area contributed by atoms with Crippen LogP contribution in [-0.2, 0) is 9.59 Å². The molecule has 0 radical (unpaired) electrons.